The maximum absolute atomic E-state index is 5.52. The van der Waals surface area contributed by atoms with Gasteiger partial charge in [-0.15, -0.1) is 24.0 Å². The number of anilines is 1. The van der Waals surface area contributed by atoms with Crippen molar-refractivity contribution in [2.45, 2.75) is 25.8 Å². The fourth-order valence-electron chi connectivity index (χ4n) is 3.72. The van der Waals surface area contributed by atoms with Gasteiger partial charge in [-0.05, 0) is 37.6 Å². The smallest absolute Gasteiger partial charge is 0.276 e. The largest absolute Gasteiger partial charge is 0.495 e. The molecule has 2 N–H and O–H groups in total. The first-order valence-corrected chi connectivity index (χ1v) is 10.9. The molecular formula is C23H30IN7O2. The van der Waals surface area contributed by atoms with Crippen LogP contribution in [0, 0.1) is 0 Å². The highest BCUT2D eigenvalue weighted by Crippen LogP contribution is 2.30. The maximum atomic E-state index is 5.52. The fraction of sp³-hybridized carbons (Fsp3) is 0.391. The van der Waals surface area contributed by atoms with E-state index < -0.39 is 0 Å². The van der Waals surface area contributed by atoms with Gasteiger partial charge >= 0.3 is 0 Å². The zero-order chi connectivity index (χ0) is 22.2. The number of hydrogen-bond acceptors (Lipinski definition) is 7. The van der Waals surface area contributed by atoms with E-state index in [1.54, 1.807) is 13.3 Å². The normalized spacial score (nSPS) is 15.8. The lowest BCUT2D eigenvalue weighted by Crippen LogP contribution is -2.44. The van der Waals surface area contributed by atoms with E-state index in [1.165, 1.54) is 0 Å². The molecule has 3 aromatic rings. The van der Waals surface area contributed by atoms with Gasteiger partial charge in [-0.3, -0.25) is 9.98 Å². The molecule has 0 bridgehead atoms. The highest BCUT2D eigenvalue weighted by Gasteiger charge is 2.25. The standard InChI is InChI=1S/C23H29N7O2.HI/c1-3-24-23(26-14-11-21-28-22(32-29-21)18-8-6-7-13-25-18)27-17-12-15-30(16-17)19-9-4-5-10-20(19)31-2;/h4-10,13,17H,3,11-12,14-16H2,1-2H3,(H2,24,26,27);1H. The number of hydrogen-bond donors (Lipinski definition) is 2. The molecule has 3 heterocycles. The number of ether oxygens (including phenoxy) is 1. The molecule has 176 valence electrons. The van der Waals surface area contributed by atoms with Gasteiger partial charge in [-0.2, -0.15) is 4.98 Å². The minimum Gasteiger partial charge on any atom is -0.495 e. The Bertz CT molecular complexity index is 1030. The molecule has 2 aromatic heterocycles. The SMILES string of the molecule is CCNC(=NCCc1noc(-c2ccccn2)n1)NC1CCN(c2ccccc2OC)C1.I. The zero-order valence-electron chi connectivity index (χ0n) is 18.9. The molecule has 10 heteroatoms. The van der Waals surface area contributed by atoms with E-state index in [4.69, 9.17) is 14.3 Å². The topological polar surface area (TPSA) is 101 Å². The van der Waals surface area contributed by atoms with Crippen LogP contribution in [0.15, 0.2) is 58.2 Å². The number of nitrogens with zero attached hydrogens (tertiary/aromatic N) is 5. The number of methoxy groups -OCH3 is 1. The van der Waals surface area contributed by atoms with Crippen molar-refractivity contribution in [3.8, 4) is 17.3 Å². The van der Waals surface area contributed by atoms with Crippen LogP contribution in [-0.4, -0.2) is 60.4 Å². The van der Waals surface area contributed by atoms with Crippen molar-refractivity contribution in [2.24, 2.45) is 4.99 Å². The number of aromatic nitrogens is 3. The van der Waals surface area contributed by atoms with Gasteiger partial charge in [0, 0.05) is 44.8 Å². The summed E-state index contributed by atoms with van der Waals surface area (Å²) in [6, 6.07) is 14.0. The van der Waals surface area contributed by atoms with Crippen molar-refractivity contribution in [3.05, 3.63) is 54.5 Å². The Hall–Kier alpha value is -2.89. The Morgan fingerprint density at radius 1 is 1.24 bits per heavy atom. The Labute approximate surface area is 211 Å². The molecule has 4 rings (SSSR count). The number of aliphatic imine (C=N–C) groups is 1. The van der Waals surface area contributed by atoms with Crippen LogP contribution in [0.3, 0.4) is 0 Å². The van der Waals surface area contributed by atoms with Gasteiger partial charge < -0.3 is 24.8 Å². The molecule has 0 aliphatic carbocycles. The van der Waals surface area contributed by atoms with E-state index in [-0.39, 0.29) is 24.0 Å². The molecule has 1 aliphatic heterocycles. The van der Waals surface area contributed by atoms with Gasteiger partial charge in [0.05, 0.1) is 12.8 Å². The van der Waals surface area contributed by atoms with Crippen molar-refractivity contribution in [1.29, 1.82) is 0 Å². The van der Waals surface area contributed by atoms with E-state index in [1.807, 2.05) is 36.4 Å². The van der Waals surface area contributed by atoms with Gasteiger partial charge in [-0.25, -0.2) is 0 Å². The summed E-state index contributed by atoms with van der Waals surface area (Å²) in [5.74, 6) is 2.75. The Balaban J connectivity index is 0.00000306. The zero-order valence-corrected chi connectivity index (χ0v) is 21.2. The maximum Gasteiger partial charge on any atom is 0.276 e. The van der Waals surface area contributed by atoms with Gasteiger partial charge in [0.15, 0.2) is 11.8 Å². The quantitative estimate of drug-likeness (QED) is 0.245. The highest BCUT2D eigenvalue weighted by atomic mass is 127. The molecule has 1 unspecified atom stereocenters. The summed E-state index contributed by atoms with van der Waals surface area (Å²) in [6.45, 7) is 5.27. The van der Waals surface area contributed by atoms with Gasteiger partial charge in [-0.1, -0.05) is 23.4 Å². The van der Waals surface area contributed by atoms with Crippen LogP contribution in [0.2, 0.25) is 0 Å². The van der Waals surface area contributed by atoms with Gasteiger partial charge in [0.25, 0.3) is 5.89 Å². The number of guanidine groups is 1. The molecule has 0 radical (unpaired) electrons. The Morgan fingerprint density at radius 3 is 2.88 bits per heavy atom. The molecule has 0 spiro atoms. The van der Waals surface area contributed by atoms with Gasteiger partial charge in [0.1, 0.15) is 11.4 Å². The molecular weight excluding hydrogens is 533 g/mol. The van der Waals surface area contributed by atoms with Crippen LogP contribution in [0.5, 0.6) is 5.75 Å². The van der Waals surface area contributed by atoms with E-state index in [2.05, 4.69) is 43.6 Å². The third-order valence-corrected chi connectivity index (χ3v) is 5.26. The first-order chi connectivity index (χ1) is 15.8. The predicted molar refractivity (Wildman–Crippen MR) is 139 cm³/mol. The molecule has 1 atom stereocenters. The van der Waals surface area contributed by atoms with Crippen LogP contribution in [0.1, 0.15) is 19.2 Å². The van der Waals surface area contributed by atoms with Crippen molar-refractivity contribution in [2.75, 3.05) is 38.2 Å². The number of nitrogens with one attached hydrogen (secondary N) is 2. The van der Waals surface area contributed by atoms with Crippen LogP contribution < -0.4 is 20.3 Å². The van der Waals surface area contributed by atoms with E-state index in [9.17, 15) is 0 Å². The molecule has 1 fully saturated rings. The number of pyridine rings is 1. The Morgan fingerprint density at radius 2 is 2.09 bits per heavy atom. The lowest BCUT2D eigenvalue weighted by atomic mass is 10.2. The summed E-state index contributed by atoms with van der Waals surface area (Å²) >= 11 is 0. The summed E-state index contributed by atoms with van der Waals surface area (Å²) < 4.78 is 10.8. The lowest BCUT2D eigenvalue weighted by molar-refractivity contribution is 0.415. The molecule has 1 aromatic carbocycles. The second-order valence-electron chi connectivity index (χ2n) is 7.49. The van der Waals surface area contributed by atoms with Crippen molar-refractivity contribution < 1.29 is 9.26 Å². The lowest BCUT2D eigenvalue weighted by Gasteiger charge is -2.22. The van der Waals surface area contributed by atoms with Crippen molar-refractivity contribution in [1.82, 2.24) is 25.8 Å². The summed E-state index contributed by atoms with van der Waals surface area (Å²) in [4.78, 5) is 15.7. The van der Waals surface area contributed by atoms with Crippen molar-refractivity contribution >= 4 is 35.6 Å². The highest BCUT2D eigenvalue weighted by molar-refractivity contribution is 14.0. The predicted octanol–water partition coefficient (Wildman–Crippen LogP) is 3.13. The summed E-state index contributed by atoms with van der Waals surface area (Å²) in [7, 11) is 1.71. The fourth-order valence-corrected chi connectivity index (χ4v) is 3.72. The minimum atomic E-state index is 0. The first kappa shape index (κ1) is 24.7. The molecule has 33 heavy (non-hydrogen) atoms. The van der Waals surface area contributed by atoms with Crippen molar-refractivity contribution in [3.63, 3.8) is 0 Å². The van der Waals surface area contributed by atoms with E-state index in [0.29, 0.717) is 36.4 Å². The van der Waals surface area contributed by atoms with E-state index in [0.717, 1.165) is 43.5 Å². The third-order valence-electron chi connectivity index (χ3n) is 5.26. The number of halogens is 1. The summed E-state index contributed by atoms with van der Waals surface area (Å²) in [5.41, 5.74) is 1.80. The molecule has 9 nitrogen and oxygen atoms in total. The van der Waals surface area contributed by atoms with E-state index >= 15 is 0 Å². The monoisotopic (exact) mass is 563 g/mol. The van der Waals surface area contributed by atoms with Crippen LogP contribution in [0.25, 0.3) is 11.6 Å². The number of benzene rings is 1. The number of rotatable bonds is 8. The Kier molecular flexibility index (Phi) is 9.28. The average molecular weight is 563 g/mol. The molecule has 0 amide bonds. The molecule has 1 aliphatic rings. The summed E-state index contributed by atoms with van der Waals surface area (Å²) in [6.07, 6.45) is 3.32. The van der Waals surface area contributed by atoms with Crippen LogP contribution in [0.4, 0.5) is 5.69 Å². The van der Waals surface area contributed by atoms with Gasteiger partial charge in [0.2, 0.25) is 0 Å². The molecule has 1 saturated heterocycles. The van der Waals surface area contributed by atoms with Crippen LogP contribution >= 0.6 is 24.0 Å². The number of para-hydroxylation sites is 2. The average Bonchev–Trinajstić information content (AvgIpc) is 3.50. The second kappa shape index (κ2) is 12.4. The molecule has 0 saturated carbocycles. The third kappa shape index (κ3) is 6.56. The first-order valence-electron chi connectivity index (χ1n) is 10.9. The minimum absolute atomic E-state index is 0. The summed E-state index contributed by atoms with van der Waals surface area (Å²) in [5, 5.41) is 10.9. The second-order valence-corrected chi connectivity index (χ2v) is 7.49. The van der Waals surface area contributed by atoms with Crippen LogP contribution in [-0.2, 0) is 6.42 Å².